The highest BCUT2D eigenvalue weighted by atomic mass is 35.5. The molecule has 0 aliphatic rings. The van der Waals surface area contributed by atoms with Gasteiger partial charge < -0.3 is 13.7 Å². The van der Waals surface area contributed by atoms with Crippen molar-refractivity contribution >= 4 is 34.7 Å². The van der Waals surface area contributed by atoms with Crippen LogP contribution in [0, 0.1) is 13.8 Å². The maximum Gasteiger partial charge on any atom is 0.307 e. The normalized spacial score (nSPS) is 11.5. The molecule has 2 heterocycles. The monoisotopic (exact) mass is 373 g/mol. The van der Waals surface area contributed by atoms with E-state index in [0.29, 0.717) is 17.2 Å². The lowest BCUT2D eigenvalue weighted by atomic mass is 10.2. The lowest BCUT2D eigenvalue weighted by Gasteiger charge is -2.08. The van der Waals surface area contributed by atoms with Crippen molar-refractivity contribution in [2.45, 2.75) is 20.4 Å². The second-order valence-corrected chi connectivity index (χ2v) is 6.40. The van der Waals surface area contributed by atoms with Crippen LogP contribution in [0.5, 0.6) is 0 Å². The highest BCUT2D eigenvalue weighted by Gasteiger charge is 2.12. The Hall–Kier alpha value is -2.57. The summed E-state index contributed by atoms with van der Waals surface area (Å²) in [6.07, 6.45) is 1.63. The number of carbonyl (C=O) groups is 1. The molecular formula is C19H20ClN3O3. The Bertz CT molecular complexity index is 972. The molecule has 0 aliphatic carbocycles. The van der Waals surface area contributed by atoms with Crippen LogP contribution in [0.3, 0.4) is 0 Å². The fourth-order valence-electron chi connectivity index (χ4n) is 2.83. The Labute approximate surface area is 156 Å². The lowest BCUT2D eigenvalue weighted by molar-refractivity contribution is 0.0929. The van der Waals surface area contributed by atoms with E-state index in [2.05, 4.69) is 15.1 Å². The van der Waals surface area contributed by atoms with Crippen LogP contribution in [0.1, 0.15) is 27.5 Å². The second-order valence-electron chi connectivity index (χ2n) is 5.96. The minimum absolute atomic E-state index is 0.185. The molecule has 0 fully saturated rings. The summed E-state index contributed by atoms with van der Waals surface area (Å²) in [5.41, 5.74) is 6.21. The first-order valence-corrected chi connectivity index (χ1v) is 8.55. The first-order chi connectivity index (χ1) is 12.5. The van der Waals surface area contributed by atoms with Gasteiger partial charge in [-0.1, -0.05) is 11.6 Å². The number of nitrogens with one attached hydrogen (secondary N) is 1. The van der Waals surface area contributed by atoms with Crippen LogP contribution >= 0.6 is 11.6 Å². The molecule has 1 amide bonds. The highest BCUT2D eigenvalue weighted by molar-refractivity contribution is 6.31. The van der Waals surface area contributed by atoms with Gasteiger partial charge in [0.15, 0.2) is 5.76 Å². The van der Waals surface area contributed by atoms with E-state index in [-0.39, 0.29) is 5.76 Å². The quantitative estimate of drug-likeness (QED) is 0.526. The summed E-state index contributed by atoms with van der Waals surface area (Å²) in [7, 11) is 1.68. The van der Waals surface area contributed by atoms with E-state index in [1.165, 1.54) is 0 Å². The molecular weight excluding hydrogens is 354 g/mol. The molecule has 0 radical (unpaired) electrons. The standard InChI is InChI=1S/C19H20ClN3O3/c1-12-8-15(13(2)23(12)6-7-25-3)11-21-22-19(24)18-10-14-9-16(20)4-5-17(14)26-18/h4-5,8-11H,6-7H2,1-3H3,(H,22,24)/b21-11+. The smallest absolute Gasteiger partial charge is 0.307 e. The molecule has 0 atom stereocenters. The Morgan fingerprint density at radius 1 is 1.35 bits per heavy atom. The van der Waals surface area contributed by atoms with Gasteiger partial charge in [-0.2, -0.15) is 5.10 Å². The Morgan fingerprint density at radius 3 is 2.92 bits per heavy atom. The van der Waals surface area contributed by atoms with Gasteiger partial charge in [0.25, 0.3) is 0 Å². The number of ether oxygens (including phenoxy) is 1. The maximum absolute atomic E-state index is 12.2. The summed E-state index contributed by atoms with van der Waals surface area (Å²) >= 11 is 5.94. The molecule has 1 N–H and O–H groups in total. The molecule has 26 heavy (non-hydrogen) atoms. The molecule has 6 nitrogen and oxygen atoms in total. The molecule has 0 spiro atoms. The van der Waals surface area contributed by atoms with Crippen molar-refractivity contribution in [3.8, 4) is 0 Å². The van der Waals surface area contributed by atoms with Crippen LogP contribution in [0.2, 0.25) is 5.02 Å². The van der Waals surface area contributed by atoms with Gasteiger partial charge in [-0.05, 0) is 44.2 Å². The number of nitrogens with zero attached hydrogens (tertiary/aromatic N) is 2. The number of hydrazone groups is 1. The Kier molecular flexibility index (Phi) is 5.44. The van der Waals surface area contributed by atoms with Crippen LogP contribution in [0.4, 0.5) is 0 Å². The van der Waals surface area contributed by atoms with E-state index in [1.54, 1.807) is 37.6 Å². The average molecular weight is 374 g/mol. The zero-order valence-electron chi connectivity index (χ0n) is 14.9. The number of rotatable bonds is 6. The number of benzene rings is 1. The molecule has 136 valence electrons. The minimum atomic E-state index is -0.415. The van der Waals surface area contributed by atoms with Gasteiger partial charge in [0.05, 0.1) is 12.8 Å². The fraction of sp³-hybridized carbons (Fsp3) is 0.263. The fourth-order valence-corrected chi connectivity index (χ4v) is 3.01. The number of amides is 1. The summed E-state index contributed by atoms with van der Waals surface area (Å²) in [5, 5.41) is 5.41. The lowest BCUT2D eigenvalue weighted by Crippen LogP contribution is -2.16. The summed E-state index contributed by atoms with van der Waals surface area (Å²) in [6, 6.07) is 8.85. The zero-order chi connectivity index (χ0) is 18.7. The van der Waals surface area contributed by atoms with Gasteiger partial charge in [0.1, 0.15) is 5.58 Å². The van der Waals surface area contributed by atoms with E-state index >= 15 is 0 Å². The maximum atomic E-state index is 12.2. The number of furan rings is 1. The van der Waals surface area contributed by atoms with E-state index in [4.69, 9.17) is 20.8 Å². The van der Waals surface area contributed by atoms with Crippen molar-refractivity contribution in [3.63, 3.8) is 0 Å². The Morgan fingerprint density at radius 2 is 2.15 bits per heavy atom. The zero-order valence-corrected chi connectivity index (χ0v) is 15.6. The van der Waals surface area contributed by atoms with Gasteiger partial charge in [0.2, 0.25) is 0 Å². The molecule has 2 aromatic heterocycles. The number of aryl methyl sites for hydroxylation is 1. The third-order valence-corrected chi connectivity index (χ3v) is 4.44. The largest absolute Gasteiger partial charge is 0.451 e. The van der Waals surface area contributed by atoms with Crippen LogP contribution in [-0.2, 0) is 11.3 Å². The molecule has 3 aromatic rings. The van der Waals surface area contributed by atoms with Crippen molar-refractivity contribution < 1.29 is 13.9 Å². The molecule has 7 heteroatoms. The molecule has 0 saturated carbocycles. The first-order valence-electron chi connectivity index (χ1n) is 8.17. The van der Waals surface area contributed by atoms with Crippen molar-refractivity contribution in [2.75, 3.05) is 13.7 Å². The van der Waals surface area contributed by atoms with E-state index in [9.17, 15) is 4.79 Å². The highest BCUT2D eigenvalue weighted by Crippen LogP contribution is 2.23. The molecule has 0 bridgehead atoms. The molecule has 0 aliphatic heterocycles. The summed E-state index contributed by atoms with van der Waals surface area (Å²) in [5.74, 6) is -0.230. The average Bonchev–Trinajstić information content (AvgIpc) is 3.14. The number of hydrogen-bond acceptors (Lipinski definition) is 4. The number of carbonyl (C=O) groups excluding carboxylic acids is 1. The van der Waals surface area contributed by atoms with Crippen LogP contribution in [0.25, 0.3) is 11.0 Å². The summed E-state index contributed by atoms with van der Waals surface area (Å²) in [6.45, 7) is 5.45. The van der Waals surface area contributed by atoms with Crippen LogP contribution < -0.4 is 5.43 Å². The molecule has 3 rings (SSSR count). The predicted octanol–water partition coefficient (Wildman–Crippen LogP) is 3.91. The molecule has 0 unspecified atom stereocenters. The van der Waals surface area contributed by atoms with Crippen molar-refractivity contribution in [3.05, 3.63) is 58.1 Å². The summed E-state index contributed by atoms with van der Waals surface area (Å²) in [4.78, 5) is 12.2. The summed E-state index contributed by atoms with van der Waals surface area (Å²) < 4.78 is 12.8. The number of fused-ring (bicyclic) bond motifs is 1. The van der Waals surface area contributed by atoms with Gasteiger partial charge in [-0.25, -0.2) is 5.43 Å². The number of methoxy groups -OCH3 is 1. The minimum Gasteiger partial charge on any atom is -0.451 e. The first kappa shape index (κ1) is 18.2. The third-order valence-electron chi connectivity index (χ3n) is 4.20. The van der Waals surface area contributed by atoms with Gasteiger partial charge in [-0.3, -0.25) is 4.79 Å². The second kappa shape index (κ2) is 7.76. The number of hydrogen-bond donors (Lipinski definition) is 1. The van der Waals surface area contributed by atoms with Gasteiger partial charge >= 0.3 is 5.91 Å². The predicted molar refractivity (Wildman–Crippen MR) is 102 cm³/mol. The van der Waals surface area contributed by atoms with Crippen molar-refractivity contribution in [2.24, 2.45) is 5.10 Å². The molecule has 0 saturated heterocycles. The third kappa shape index (κ3) is 3.81. The molecule has 1 aromatic carbocycles. The topological polar surface area (TPSA) is 68.8 Å². The van der Waals surface area contributed by atoms with E-state index in [0.717, 1.165) is 28.9 Å². The van der Waals surface area contributed by atoms with E-state index < -0.39 is 5.91 Å². The van der Waals surface area contributed by atoms with Gasteiger partial charge in [0, 0.05) is 41.0 Å². The van der Waals surface area contributed by atoms with Gasteiger partial charge in [-0.15, -0.1) is 0 Å². The number of halogens is 1. The number of aromatic nitrogens is 1. The van der Waals surface area contributed by atoms with E-state index in [1.807, 2.05) is 19.9 Å². The van der Waals surface area contributed by atoms with Crippen molar-refractivity contribution in [1.82, 2.24) is 9.99 Å². The van der Waals surface area contributed by atoms with Crippen LogP contribution in [-0.4, -0.2) is 30.4 Å². The Balaban J connectivity index is 1.70. The SMILES string of the molecule is COCCn1c(C)cc(/C=N/NC(=O)c2cc3cc(Cl)ccc3o2)c1C. The van der Waals surface area contributed by atoms with Crippen molar-refractivity contribution in [1.29, 1.82) is 0 Å². The van der Waals surface area contributed by atoms with Crippen LogP contribution in [0.15, 0.2) is 39.9 Å².